The van der Waals surface area contributed by atoms with Crippen LogP contribution < -0.4 is 5.32 Å². The van der Waals surface area contributed by atoms with Crippen LogP contribution in [-0.2, 0) is 11.2 Å². The van der Waals surface area contributed by atoms with Crippen LogP contribution in [0.2, 0.25) is 10.0 Å². The van der Waals surface area contributed by atoms with E-state index < -0.39 is 0 Å². The molecule has 116 valence electrons. The highest BCUT2D eigenvalue weighted by molar-refractivity contribution is 6.42. The van der Waals surface area contributed by atoms with Crippen LogP contribution in [-0.4, -0.2) is 35.9 Å². The zero-order valence-corrected chi connectivity index (χ0v) is 13.7. The van der Waals surface area contributed by atoms with E-state index in [1.807, 2.05) is 30.1 Å². The second-order valence-electron chi connectivity index (χ2n) is 4.99. The summed E-state index contributed by atoms with van der Waals surface area (Å²) in [5.41, 5.74) is 1.65. The van der Waals surface area contributed by atoms with Crippen LogP contribution in [0.15, 0.2) is 42.6 Å². The van der Waals surface area contributed by atoms with E-state index >= 15 is 0 Å². The summed E-state index contributed by atoms with van der Waals surface area (Å²) < 4.78 is 0. The number of halogens is 2. The van der Waals surface area contributed by atoms with Crippen molar-refractivity contribution < 1.29 is 4.79 Å². The van der Waals surface area contributed by atoms with E-state index in [9.17, 15) is 4.79 Å². The Morgan fingerprint density at radius 1 is 1.23 bits per heavy atom. The number of hydrogen-bond acceptors (Lipinski definition) is 3. The number of nitrogens with zero attached hydrogens (tertiary/aromatic N) is 2. The van der Waals surface area contributed by atoms with Crippen LogP contribution in [0.3, 0.4) is 0 Å². The number of anilines is 1. The van der Waals surface area contributed by atoms with Crippen LogP contribution in [0.4, 0.5) is 5.69 Å². The van der Waals surface area contributed by atoms with Crippen molar-refractivity contribution in [1.29, 1.82) is 0 Å². The van der Waals surface area contributed by atoms with Gasteiger partial charge >= 0.3 is 0 Å². The summed E-state index contributed by atoms with van der Waals surface area (Å²) in [5, 5.41) is 3.68. The first kappa shape index (κ1) is 16.7. The fourth-order valence-corrected chi connectivity index (χ4v) is 2.25. The second kappa shape index (κ2) is 8.13. The van der Waals surface area contributed by atoms with Crippen LogP contribution in [0.25, 0.3) is 0 Å². The molecule has 2 rings (SSSR count). The molecule has 0 aliphatic carbocycles. The van der Waals surface area contributed by atoms with E-state index in [4.69, 9.17) is 23.2 Å². The molecule has 4 nitrogen and oxygen atoms in total. The molecule has 0 atom stereocenters. The lowest BCUT2D eigenvalue weighted by Gasteiger charge is -2.16. The van der Waals surface area contributed by atoms with Crippen LogP contribution in [0, 0.1) is 0 Å². The second-order valence-corrected chi connectivity index (χ2v) is 5.80. The Morgan fingerprint density at radius 3 is 2.73 bits per heavy atom. The normalized spacial score (nSPS) is 10.7. The Balaban J connectivity index is 1.79. The maximum absolute atomic E-state index is 12.0. The van der Waals surface area contributed by atoms with Gasteiger partial charge in [-0.25, -0.2) is 0 Å². The molecule has 0 radical (unpaired) electrons. The topological polar surface area (TPSA) is 45.2 Å². The molecule has 1 aromatic heterocycles. The molecule has 1 N–H and O–H groups in total. The molecular formula is C16H17Cl2N3O. The van der Waals surface area contributed by atoms with E-state index in [0.29, 0.717) is 22.3 Å². The Labute approximate surface area is 140 Å². The lowest BCUT2D eigenvalue weighted by molar-refractivity contribution is -0.117. The van der Waals surface area contributed by atoms with Crippen molar-refractivity contribution in [3.05, 3.63) is 58.3 Å². The predicted octanol–water partition coefficient (Wildman–Crippen LogP) is 3.50. The molecule has 22 heavy (non-hydrogen) atoms. The van der Waals surface area contributed by atoms with Gasteiger partial charge in [0.05, 0.1) is 16.6 Å². The summed E-state index contributed by atoms with van der Waals surface area (Å²) in [5.74, 6) is -0.0955. The number of hydrogen-bond donors (Lipinski definition) is 1. The fourth-order valence-electron chi connectivity index (χ4n) is 1.95. The van der Waals surface area contributed by atoms with E-state index in [1.165, 1.54) is 0 Å². The van der Waals surface area contributed by atoms with Gasteiger partial charge in [0.25, 0.3) is 0 Å². The number of likely N-dealkylation sites (N-methyl/N-ethyl adjacent to an activating group) is 1. The standard InChI is InChI=1S/C16H17Cl2N3O/c1-21(9-7-12-4-2-3-8-19-12)11-16(22)20-13-5-6-14(17)15(18)10-13/h2-6,8,10H,7,9,11H2,1H3,(H,20,22). The molecule has 6 heteroatoms. The molecule has 0 bridgehead atoms. The van der Waals surface area contributed by atoms with Gasteiger partial charge in [-0.1, -0.05) is 29.3 Å². The number of carbonyl (C=O) groups excluding carboxylic acids is 1. The molecule has 0 fully saturated rings. The molecule has 1 amide bonds. The third-order valence-corrected chi connectivity index (χ3v) is 3.83. The van der Waals surface area contributed by atoms with Gasteiger partial charge in [-0.3, -0.25) is 14.7 Å². The maximum atomic E-state index is 12.0. The average Bonchev–Trinajstić information content (AvgIpc) is 2.50. The third kappa shape index (κ3) is 5.30. The lowest BCUT2D eigenvalue weighted by atomic mass is 10.2. The third-order valence-electron chi connectivity index (χ3n) is 3.09. The van der Waals surface area contributed by atoms with Gasteiger partial charge in [0.15, 0.2) is 0 Å². The van der Waals surface area contributed by atoms with Gasteiger partial charge in [-0.15, -0.1) is 0 Å². The number of aromatic nitrogens is 1. The first-order chi connectivity index (χ1) is 10.5. The van der Waals surface area contributed by atoms with Crippen molar-refractivity contribution in [3.63, 3.8) is 0 Å². The van der Waals surface area contributed by atoms with Crippen molar-refractivity contribution in [2.24, 2.45) is 0 Å². The molecule has 1 aromatic carbocycles. The number of pyridine rings is 1. The number of carbonyl (C=O) groups is 1. The maximum Gasteiger partial charge on any atom is 0.238 e. The molecule has 2 aromatic rings. The van der Waals surface area contributed by atoms with Crippen molar-refractivity contribution in [3.8, 4) is 0 Å². The lowest BCUT2D eigenvalue weighted by Crippen LogP contribution is -2.31. The van der Waals surface area contributed by atoms with E-state index in [1.54, 1.807) is 24.4 Å². The van der Waals surface area contributed by atoms with Crippen molar-refractivity contribution >= 4 is 34.8 Å². The van der Waals surface area contributed by atoms with Gasteiger partial charge < -0.3 is 5.32 Å². The fraction of sp³-hybridized carbons (Fsp3) is 0.250. The van der Waals surface area contributed by atoms with Crippen molar-refractivity contribution in [2.75, 3.05) is 25.5 Å². The smallest absolute Gasteiger partial charge is 0.238 e. The Kier molecular flexibility index (Phi) is 6.19. The Hall–Kier alpha value is -1.62. The van der Waals surface area contributed by atoms with Gasteiger partial charge in [0.1, 0.15) is 0 Å². The first-order valence-corrected chi connectivity index (χ1v) is 7.63. The molecule has 0 saturated carbocycles. The first-order valence-electron chi connectivity index (χ1n) is 6.88. The molecule has 0 spiro atoms. The Morgan fingerprint density at radius 2 is 2.05 bits per heavy atom. The number of amides is 1. The molecular weight excluding hydrogens is 321 g/mol. The van der Waals surface area contributed by atoms with Crippen LogP contribution in [0.1, 0.15) is 5.69 Å². The molecule has 0 unspecified atom stereocenters. The van der Waals surface area contributed by atoms with Crippen LogP contribution >= 0.6 is 23.2 Å². The zero-order chi connectivity index (χ0) is 15.9. The highest BCUT2D eigenvalue weighted by Crippen LogP contribution is 2.24. The van der Waals surface area contributed by atoms with Gasteiger partial charge in [-0.05, 0) is 37.4 Å². The molecule has 0 aliphatic rings. The van der Waals surface area contributed by atoms with E-state index in [0.717, 1.165) is 18.7 Å². The minimum atomic E-state index is -0.0955. The minimum absolute atomic E-state index is 0.0955. The number of nitrogens with one attached hydrogen (secondary N) is 1. The van der Waals surface area contributed by atoms with Crippen LogP contribution in [0.5, 0.6) is 0 Å². The summed E-state index contributed by atoms with van der Waals surface area (Å²) in [6.45, 7) is 1.05. The molecule has 1 heterocycles. The predicted molar refractivity (Wildman–Crippen MR) is 90.5 cm³/mol. The quantitative estimate of drug-likeness (QED) is 0.877. The van der Waals surface area contributed by atoms with Crippen molar-refractivity contribution in [1.82, 2.24) is 9.88 Å². The highest BCUT2D eigenvalue weighted by Gasteiger charge is 2.08. The summed E-state index contributed by atoms with van der Waals surface area (Å²) >= 11 is 11.8. The van der Waals surface area contributed by atoms with Crippen molar-refractivity contribution in [2.45, 2.75) is 6.42 Å². The van der Waals surface area contributed by atoms with Gasteiger partial charge in [0.2, 0.25) is 5.91 Å². The number of benzene rings is 1. The highest BCUT2D eigenvalue weighted by atomic mass is 35.5. The SMILES string of the molecule is CN(CCc1ccccn1)CC(=O)Nc1ccc(Cl)c(Cl)c1. The molecule has 0 aliphatic heterocycles. The largest absolute Gasteiger partial charge is 0.325 e. The average molecular weight is 338 g/mol. The summed E-state index contributed by atoms with van der Waals surface area (Å²) in [6, 6.07) is 10.8. The summed E-state index contributed by atoms with van der Waals surface area (Å²) in [7, 11) is 1.90. The van der Waals surface area contributed by atoms with E-state index in [2.05, 4.69) is 10.3 Å². The van der Waals surface area contributed by atoms with Gasteiger partial charge in [-0.2, -0.15) is 0 Å². The summed E-state index contributed by atoms with van der Waals surface area (Å²) in [4.78, 5) is 18.2. The summed E-state index contributed by atoms with van der Waals surface area (Å²) in [6.07, 6.45) is 2.57. The zero-order valence-electron chi connectivity index (χ0n) is 12.2. The van der Waals surface area contributed by atoms with Gasteiger partial charge in [0, 0.05) is 30.5 Å². The number of rotatable bonds is 6. The minimum Gasteiger partial charge on any atom is -0.325 e. The monoisotopic (exact) mass is 337 g/mol. The molecule has 0 saturated heterocycles. The Bertz CT molecular complexity index is 635. The van der Waals surface area contributed by atoms with E-state index in [-0.39, 0.29) is 5.91 Å².